The monoisotopic (exact) mass is 316 g/mol. The first-order valence-electron chi connectivity index (χ1n) is 7.84. The number of nitrogens with one attached hydrogen (secondary N) is 1. The maximum atomic E-state index is 12.5. The molecule has 1 fully saturated rings. The summed E-state index contributed by atoms with van der Waals surface area (Å²) in [5.41, 5.74) is 4.20. The number of hydrogen-bond acceptors (Lipinski definition) is 5. The first-order valence-corrected chi connectivity index (χ1v) is 7.84. The lowest BCUT2D eigenvalue weighted by atomic mass is 9.99. The number of pyridine rings is 1. The first kappa shape index (κ1) is 15.5. The predicted octanol–water partition coefficient (Wildman–Crippen LogP) is 1.25. The third-order valence-corrected chi connectivity index (χ3v) is 3.95. The Bertz CT molecular complexity index is 712. The van der Waals surface area contributed by atoms with Crippen LogP contribution in [0.2, 0.25) is 0 Å². The average molecular weight is 316 g/mol. The molecular weight excluding hydrogens is 296 g/mol. The summed E-state index contributed by atoms with van der Waals surface area (Å²) in [6, 6.07) is 7.28. The molecule has 0 unspecified atom stereocenters. The summed E-state index contributed by atoms with van der Waals surface area (Å²) < 4.78 is 6.67. The molecule has 2 aromatic rings. The molecule has 2 aromatic heterocycles. The minimum absolute atomic E-state index is 0.190. The maximum Gasteiger partial charge on any atom is 0.310 e. The molecule has 7 heteroatoms. The molecule has 23 heavy (non-hydrogen) atoms. The van der Waals surface area contributed by atoms with Gasteiger partial charge in [0.2, 0.25) is 0 Å². The summed E-state index contributed by atoms with van der Waals surface area (Å²) in [7, 11) is 0. The summed E-state index contributed by atoms with van der Waals surface area (Å²) in [5, 5.41) is 5.95. The number of rotatable bonds is 4. The van der Waals surface area contributed by atoms with E-state index < -0.39 is 0 Å². The van der Waals surface area contributed by atoms with Crippen molar-refractivity contribution in [1.82, 2.24) is 20.0 Å². The third-order valence-electron chi connectivity index (χ3n) is 3.95. The van der Waals surface area contributed by atoms with Crippen LogP contribution in [-0.2, 0) is 9.53 Å². The van der Waals surface area contributed by atoms with E-state index >= 15 is 0 Å². The highest BCUT2D eigenvalue weighted by Gasteiger charge is 2.28. The zero-order valence-electron chi connectivity index (χ0n) is 13.1. The number of ether oxygens (including phenoxy) is 1. The van der Waals surface area contributed by atoms with Crippen LogP contribution in [0, 0.1) is 5.92 Å². The van der Waals surface area contributed by atoms with Gasteiger partial charge in [0.15, 0.2) is 0 Å². The zero-order chi connectivity index (χ0) is 16.2. The average Bonchev–Trinajstić information content (AvgIpc) is 3.03. The van der Waals surface area contributed by atoms with Gasteiger partial charge in [-0.3, -0.25) is 15.0 Å². The number of nitrogens with zero attached hydrogens (tertiary/aromatic N) is 3. The van der Waals surface area contributed by atoms with E-state index in [9.17, 15) is 9.59 Å². The molecule has 1 atom stereocenters. The fourth-order valence-electron chi connectivity index (χ4n) is 2.85. The molecule has 1 aliphatic rings. The molecule has 0 saturated carbocycles. The largest absolute Gasteiger partial charge is 0.466 e. The topological polar surface area (TPSA) is 75.9 Å². The number of aromatic nitrogens is 2. The van der Waals surface area contributed by atoms with Crippen LogP contribution >= 0.6 is 0 Å². The highest BCUT2D eigenvalue weighted by molar-refractivity contribution is 5.92. The number of piperidine rings is 1. The van der Waals surface area contributed by atoms with Crippen molar-refractivity contribution in [3.8, 4) is 0 Å². The molecule has 1 aliphatic heterocycles. The van der Waals surface area contributed by atoms with Gasteiger partial charge in [-0.25, -0.2) is 9.52 Å². The molecule has 0 aromatic carbocycles. The van der Waals surface area contributed by atoms with Crippen LogP contribution in [0.1, 0.15) is 30.3 Å². The van der Waals surface area contributed by atoms with Crippen LogP contribution in [-0.4, -0.2) is 46.2 Å². The summed E-state index contributed by atoms with van der Waals surface area (Å²) in [6.45, 7) is 3.37. The fraction of sp³-hybridized carbons (Fsp3) is 0.438. The minimum atomic E-state index is -0.233. The zero-order valence-corrected chi connectivity index (χ0v) is 13.1. The first-order chi connectivity index (χ1) is 11.2. The molecule has 0 bridgehead atoms. The van der Waals surface area contributed by atoms with E-state index in [1.165, 1.54) is 0 Å². The minimum Gasteiger partial charge on any atom is -0.466 e. The van der Waals surface area contributed by atoms with Crippen LogP contribution in [0.15, 0.2) is 30.5 Å². The second kappa shape index (κ2) is 6.78. The van der Waals surface area contributed by atoms with Gasteiger partial charge in [0.1, 0.15) is 5.69 Å². The molecule has 0 aliphatic carbocycles. The second-order valence-corrected chi connectivity index (χ2v) is 5.56. The van der Waals surface area contributed by atoms with Gasteiger partial charge in [-0.15, -0.1) is 0 Å². The Morgan fingerprint density at radius 3 is 3.09 bits per heavy atom. The number of hydrazine groups is 1. The summed E-state index contributed by atoms with van der Waals surface area (Å²) in [6.07, 6.45) is 3.29. The lowest BCUT2D eigenvalue weighted by Crippen LogP contribution is -2.49. The molecule has 1 saturated heterocycles. The van der Waals surface area contributed by atoms with Crippen LogP contribution in [0.5, 0.6) is 0 Å². The van der Waals surface area contributed by atoms with E-state index in [4.69, 9.17) is 4.74 Å². The summed E-state index contributed by atoms with van der Waals surface area (Å²) in [5.74, 6) is -0.617. The number of fused-ring (bicyclic) bond motifs is 1. The normalized spacial score (nSPS) is 18.7. The van der Waals surface area contributed by atoms with E-state index in [1.54, 1.807) is 28.7 Å². The smallest absolute Gasteiger partial charge is 0.310 e. The van der Waals surface area contributed by atoms with Gasteiger partial charge in [-0.1, -0.05) is 6.07 Å². The number of carbonyl (C=O) groups is 2. The standard InChI is InChI=1S/C16H20N4O3/c1-2-23-16(22)12-5-4-10-19(11-12)18-15(21)14-7-3-6-13-8-9-17-20(13)14/h3,6-9,12H,2,4-5,10-11H2,1H3,(H,18,21)/t12-/m0/s1. The maximum absolute atomic E-state index is 12.5. The Balaban J connectivity index is 1.68. The van der Waals surface area contributed by atoms with Crippen LogP contribution < -0.4 is 5.43 Å². The molecule has 122 valence electrons. The molecule has 7 nitrogen and oxygen atoms in total. The highest BCUT2D eigenvalue weighted by atomic mass is 16.5. The van der Waals surface area contributed by atoms with Crippen LogP contribution in [0.25, 0.3) is 5.52 Å². The van der Waals surface area contributed by atoms with Gasteiger partial charge >= 0.3 is 5.97 Å². The Morgan fingerprint density at radius 2 is 2.26 bits per heavy atom. The van der Waals surface area contributed by atoms with Gasteiger partial charge in [0.25, 0.3) is 5.91 Å². The fourth-order valence-corrected chi connectivity index (χ4v) is 2.85. The van der Waals surface area contributed by atoms with E-state index in [1.807, 2.05) is 18.2 Å². The highest BCUT2D eigenvalue weighted by Crippen LogP contribution is 2.17. The Labute approximate surface area is 134 Å². The van der Waals surface area contributed by atoms with Crippen molar-refractivity contribution < 1.29 is 14.3 Å². The Morgan fingerprint density at radius 1 is 1.39 bits per heavy atom. The lowest BCUT2D eigenvalue weighted by Gasteiger charge is -2.31. The number of hydrogen-bond donors (Lipinski definition) is 1. The SMILES string of the molecule is CCOC(=O)[C@H]1CCCN(NC(=O)c2cccc3ccnn23)C1. The van der Waals surface area contributed by atoms with Crippen LogP contribution in [0.3, 0.4) is 0 Å². The van der Waals surface area contributed by atoms with Crippen molar-refractivity contribution in [2.24, 2.45) is 5.92 Å². The van der Waals surface area contributed by atoms with Crippen molar-refractivity contribution in [3.63, 3.8) is 0 Å². The van der Waals surface area contributed by atoms with E-state index in [0.717, 1.165) is 24.9 Å². The molecule has 0 spiro atoms. The van der Waals surface area contributed by atoms with Crippen molar-refractivity contribution >= 4 is 17.4 Å². The third kappa shape index (κ3) is 3.34. The van der Waals surface area contributed by atoms with E-state index in [0.29, 0.717) is 18.8 Å². The summed E-state index contributed by atoms with van der Waals surface area (Å²) in [4.78, 5) is 24.4. The predicted molar refractivity (Wildman–Crippen MR) is 83.6 cm³/mol. The Hall–Kier alpha value is -2.41. The Kier molecular flexibility index (Phi) is 4.57. The van der Waals surface area contributed by atoms with E-state index in [-0.39, 0.29) is 17.8 Å². The van der Waals surface area contributed by atoms with Gasteiger partial charge in [0, 0.05) is 13.1 Å². The van der Waals surface area contributed by atoms with Gasteiger partial charge in [0.05, 0.1) is 24.2 Å². The molecular formula is C16H20N4O3. The van der Waals surface area contributed by atoms with Crippen molar-refractivity contribution in [1.29, 1.82) is 0 Å². The van der Waals surface area contributed by atoms with E-state index in [2.05, 4.69) is 10.5 Å². The molecule has 1 N–H and O–H groups in total. The second-order valence-electron chi connectivity index (χ2n) is 5.56. The number of amides is 1. The number of carbonyl (C=O) groups excluding carboxylic acids is 2. The van der Waals surface area contributed by atoms with Crippen molar-refractivity contribution in [2.75, 3.05) is 19.7 Å². The van der Waals surface area contributed by atoms with Crippen molar-refractivity contribution in [3.05, 3.63) is 36.2 Å². The van der Waals surface area contributed by atoms with Crippen molar-refractivity contribution in [2.45, 2.75) is 19.8 Å². The summed E-state index contributed by atoms with van der Waals surface area (Å²) >= 11 is 0. The molecule has 0 radical (unpaired) electrons. The van der Waals surface area contributed by atoms with Gasteiger partial charge in [-0.05, 0) is 38.0 Å². The molecule has 3 rings (SSSR count). The van der Waals surface area contributed by atoms with Gasteiger partial charge in [-0.2, -0.15) is 5.10 Å². The molecule has 1 amide bonds. The van der Waals surface area contributed by atoms with Crippen LogP contribution in [0.4, 0.5) is 0 Å². The van der Waals surface area contributed by atoms with Gasteiger partial charge < -0.3 is 4.74 Å². The lowest BCUT2D eigenvalue weighted by molar-refractivity contribution is -0.150. The quantitative estimate of drug-likeness (QED) is 0.859. The molecule has 3 heterocycles. The number of esters is 1.